The molecule has 0 saturated heterocycles. The van der Waals surface area contributed by atoms with Crippen molar-refractivity contribution in [2.24, 2.45) is 0 Å². The Morgan fingerprint density at radius 2 is 1.91 bits per heavy atom. The highest BCUT2D eigenvalue weighted by Gasteiger charge is 2.32. The number of fused-ring (bicyclic) bond motifs is 1. The second kappa shape index (κ2) is 6.22. The third-order valence-electron chi connectivity index (χ3n) is 3.01. The molecule has 3 nitrogen and oxygen atoms in total. The number of aromatic nitrogens is 3. The van der Waals surface area contributed by atoms with E-state index in [0.29, 0.717) is 15.9 Å². The summed E-state index contributed by atoms with van der Waals surface area (Å²) in [4.78, 5) is 0. The average molecular weight is 378 g/mol. The standard InChI is InChI=1S/C14H8Cl2F3N3S/c15-10-3-1-2-8(4-10)7-23-13-21-20-12-11(16)5-9(6-22(12)13)14(17,18)19/h1-6H,7H2. The molecule has 0 unspecified atom stereocenters. The number of benzene rings is 1. The van der Waals surface area contributed by atoms with Crippen LogP contribution >= 0.6 is 35.0 Å². The van der Waals surface area contributed by atoms with Gasteiger partial charge in [0, 0.05) is 17.0 Å². The number of nitrogens with zero attached hydrogens (tertiary/aromatic N) is 3. The van der Waals surface area contributed by atoms with Gasteiger partial charge in [-0.05, 0) is 23.8 Å². The molecule has 0 aliphatic heterocycles. The fourth-order valence-corrected chi connectivity index (χ4v) is 3.27. The van der Waals surface area contributed by atoms with Crippen molar-refractivity contribution in [1.82, 2.24) is 14.6 Å². The van der Waals surface area contributed by atoms with Crippen LogP contribution in [-0.4, -0.2) is 14.6 Å². The van der Waals surface area contributed by atoms with Crippen LogP contribution in [0.2, 0.25) is 10.0 Å². The van der Waals surface area contributed by atoms with Crippen molar-refractivity contribution in [1.29, 1.82) is 0 Å². The van der Waals surface area contributed by atoms with Crippen molar-refractivity contribution < 1.29 is 13.2 Å². The third-order valence-corrected chi connectivity index (χ3v) is 4.54. The van der Waals surface area contributed by atoms with Crippen LogP contribution in [0.5, 0.6) is 0 Å². The molecular formula is C14H8Cl2F3N3S. The summed E-state index contributed by atoms with van der Waals surface area (Å²) in [5.41, 5.74) is 0.269. The Balaban J connectivity index is 1.93. The molecule has 3 rings (SSSR count). The Labute approximate surface area is 143 Å². The first kappa shape index (κ1) is 16.4. The number of hydrogen-bond acceptors (Lipinski definition) is 3. The molecule has 0 radical (unpaired) electrons. The van der Waals surface area contributed by atoms with Crippen molar-refractivity contribution in [2.75, 3.05) is 0 Å². The van der Waals surface area contributed by atoms with Crippen LogP contribution in [-0.2, 0) is 11.9 Å². The topological polar surface area (TPSA) is 30.2 Å². The lowest BCUT2D eigenvalue weighted by Crippen LogP contribution is -2.07. The molecular weight excluding hydrogens is 370 g/mol. The predicted molar refractivity (Wildman–Crippen MR) is 84.0 cm³/mol. The summed E-state index contributed by atoms with van der Waals surface area (Å²) >= 11 is 13.0. The summed E-state index contributed by atoms with van der Waals surface area (Å²) in [6.45, 7) is 0. The number of alkyl halides is 3. The van der Waals surface area contributed by atoms with E-state index in [1.807, 2.05) is 6.07 Å². The van der Waals surface area contributed by atoms with E-state index in [4.69, 9.17) is 23.2 Å². The van der Waals surface area contributed by atoms with E-state index in [9.17, 15) is 13.2 Å². The largest absolute Gasteiger partial charge is 0.417 e. The van der Waals surface area contributed by atoms with E-state index in [1.54, 1.807) is 18.2 Å². The molecule has 0 fully saturated rings. The van der Waals surface area contributed by atoms with Crippen LogP contribution < -0.4 is 0 Å². The summed E-state index contributed by atoms with van der Waals surface area (Å²) in [5.74, 6) is 0.495. The van der Waals surface area contributed by atoms with Gasteiger partial charge in [0.25, 0.3) is 0 Å². The minimum absolute atomic E-state index is 0.0954. The monoisotopic (exact) mass is 377 g/mol. The lowest BCUT2D eigenvalue weighted by Gasteiger charge is -2.08. The summed E-state index contributed by atoms with van der Waals surface area (Å²) in [5, 5.41) is 8.57. The molecule has 23 heavy (non-hydrogen) atoms. The second-order valence-corrected chi connectivity index (χ2v) is 6.46. The van der Waals surface area contributed by atoms with Gasteiger partial charge in [-0.2, -0.15) is 13.2 Å². The molecule has 120 valence electrons. The third kappa shape index (κ3) is 3.57. The molecule has 0 spiro atoms. The zero-order chi connectivity index (χ0) is 16.6. The first-order valence-electron chi connectivity index (χ1n) is 6.33. The zero-order valence-corrected chi connectivity index (χ0v) is 13.6. The lowest BCUT2D eigenvalue weighted by molar-refractivity contribution is -0.137. The Hall–Kier alpha value is -1.44. The smallest absolute Gasteiger partial charge is 0.276 e. The van der Waals surface area contributed by atoms with Crippen molar-refractivity contribution in [2.45, 2.75) is 17.1 Å². The van der Waals surface area contributed by atoms with Gasteiger partial charge in [-0.1, -0.05) is 47.1 Å². The Kier molecular flexibility index (Phi) is 4.44. The first-order chi connectivity index (χ1) is 10.8. The van der Waals surface area contributed by atoms with Crippen molar-refractivity contribution in [3.63, 3.8) is 0 Å². The molecule has 1 aromatic carbocycles. The summed E-state index contributed by atoms with van der Waals surface area (Å²) in [6, 6.07) is 8.05. The zero-order valence-electron chi connectivity index (χ0n) is 11.3. The van der Waals surface area contributed by atoms with Gasteiger partial charge in [0.05, 0.1) is 10.6 Å². The van der Waals surface area contributed by atoms with Crippen LogP contribution in [0, 0.1) is 0 Å². The minimum Gasteiger partial charge on any atom is -0.276 e. The summed E-state index contributed by atoms with van der Waals surface area (Å²) in [7, 11) is 0. The van der Waals surface area contributed by atoms with Gasteiger partial charge < -0.3 is 0 Å². The van der Waals surface area contributed by atoms with Crippen LogP contribution in [0.15, 0.2) is 41.7 Å². The fourth-order valence-electron chi connectivity index (χ4n) is 1.96. The predicted octanol–water partition coefficient (Wildman–Crippen LogP) is 5.35. The van der Waals surface area contributed by atoms with Crippen molar-refractivity contribution in [3.05, 3.63) is 57.7 Å². The highest BCUT2D eigenvalue weighted by molar-refractivity contribution is 7.98. The second-order valence-electron chi connectivity index (χ2n) is 4.67. The molecule has 0 aliphatic rings. The van der Waals surface area contributed by atoms with E-state index in [1.165, 1.54) is 16.2 Å². The highest BCUT2D eigenvalue weighted by Crippen LogP contribution is 2.33. The van der Waals surface area contributed by atoms with E-state index < -0.39 is 11.7 Å². The van der Waals surface area contributed by atoms with E-state index in [0.717, 1.165) is 17.8 Å². The Morgan fingerprint density at radius 3 is 2.61 bits per heavy atom. The minimum atomic E-state index is -4.49. The van der Waals surface area contributed by atoms with Gasteiger partial charge in [-0.3, -0.25) is 4.40 Å². The Morgan fingerprint density at radius 1 is 1.13 bits per heavy atom. The van der Waals surface area contributed by atoms with E-state index in [-0.39, 0.29) is 10.7 Å². The van der Waals surface area contributed by atoms with Crippen LogP contribution in [0.25, 0.3) is 5.65 Å². The Bertz CT molecular complexity index is 864. The van der Waals surface area contributed by atoms with Gasteiger partial charge in [0.15, 0.2) is 10.8 Å². The fraction of sp³-hybridized carbons (Fsp3) is 0.143. The van der Waals surface area contributed by atoms with Crippen LogP contribution in [0.1, 0.15) is 11.1 Å². The number of thioether (sulfide) groups is 1. The van der Waals surface area contributed by atoms with Crippen LogP contribution in [0.4, 0.5) is 13.2 Å². The molecule has 2 aromatic heterocycles. The quantitative estimate of drug-likeness (QED) is 0.576. The maximum absolute atomic E-state index is 12.9. The highest BCUT2D eigenvalue weighted by atomic mass is 35.5. The molecule has 2 heterocycles. The van der Waals surface area contributed by atoms with Gasteiger partial charge in [0.1, 0.15) is 0 Å². The van der Waals surface area contributed by atoms with Gasteiger partial charge in [-0.15, -0.1) is 10.2 Å². The first-order valence-corrected chi connectivity index (χ1v) is 8.07. The maximum atomic E-state index is 12.9. The van der Waals surface area contributed by atoms with Gasteiger partial charge >= 0.3 is 6.18 Å². The lowest BCUT2D eigenvalue weighted by atomic mass is 10.2. The molecule has 0 amide bonds. The SMILES string of the molecule is FC(F)(F)c1cc(Cl)c2nnc(SCc3cccc(Cl)c3)n2c1. The van der Waals surface area contributed by atoms with Crippen molar-refractivity contribution in [3.8, 4) is 0 Å². The summed E-state index contributed by atoms with van der Waals surface area (Å²) < 4.78 is 39.9. The van der Waals surface area contributed by atoms with Gasteiger partial charge in [-0.25, -0.2) is 0 Å². The number of halogens is 5. The molecule has 9 heteroatoms. The van der Waals surface area contributed by atoms with Crippen LogP contribution in [0.3, 0.4) is 0 Å². The van der Waals surface area contributed by atoms with Crippen molar-refractivity contribution >= 4 is 40.6 Å². The normalized spacial score (nSPS) is 12.0. The number of hydrogen-bond donors (Lipinski definition) is 0. The number of pyridine rings is 1. The van der Waals surface area contributed by atoms with E-state index >= 15 is 0 Å². The van der Waals surface area contributed by atoms with Gasteiger partial charge in [0.2, 0.25) is 0 Å². The number of rotatable bonds is 3. The molecule has 0 bridgehead atoms. The molecule has 0 saturated carbocycles. The maximum Gasteiger partial charge on any atom is 0.417 e. The molecule has 3 aromatic rings. The molecule has 0 N–H and O–H groups in total. The molecule has 0 atom stereocenters. The van der Waals surface area contributed by atoms with E-state index in [2.05, 4.69) is 10.2 Å². The average Bonchev–Trinajstić information content (AvgIpc) is 2.88. The summed E-state index contributed by atoms with van der Waals surface area (Å²) in [6.07, 6.45) is -3.54. The molecule has 0 aliphatic carbocycles.